The summed E-state index contributed by atoms with van der Waals surface area (Å²) in [6.07, 6.45) is 0.776. The second kappa shape index (κ2) is 15.1. The lowest BCUT2D eigenvalue weighted by Gasteiger charge is -2.63. The summed E-state index contributed by atoms with van der Waals surface area (Å²) >= 11 is 0. The summed E-state index contributed by atoms with van der Waals surface area (Å²) in [5.74, 6) is -7.17. The number of nitrogens with zero attached hydrogens (tertiary/aromatic N) is 2. The molecule has 0 saturated heterocycles. The van der Waals surface area contributed by atoms with Crippen molar-refractivity contribution in [1.82, 2.24) is 15.5 Å². The molecule has 2 unspecified atom stereocenters. The predicted molar refractivity (Wildman–Crippen MR) is 674 cm³/mol. The highest BCUT2D eigenvalue weighted by Gasteiger charge is 2.73. The molecule has 3 aliphatic carbocycles. The number of Topliss-reactive ketones (excluding diaryl/α,β-unsaturated/α-hetero) is 2. The van der Waals surface area contributed by atoms with Gasteiger partial charge in [-0.05, 0) is 79.3 Å². The number of anilines is 2. The molecule has 0 bridgehead atoms. The quantitative estimate of drug-likeness (QED) is 0.0778. The molecule has 3 aliphatic rings. The first-order valence-electron chi connectivity index (χ1n) is 20.1. The third kappa shape index (κ3) is 6.14. The minimum Gasteiger partial charge on any atom is -0.508 e. The fraction of sp³-hybridized carbons (Fsp3) is 0.674. The Kier molecular flexibility index (Phi) is 12.1. The first-order valence-corrected chi connectivity index (χ1v) is 20.1. The molecule has 1 aromatic carbocycles. The molecule has 0 radical (unpaired) electrons. The third-order valence-electron chi connectivity index (χ3n) is 14.4. The van der Waals surface area contributed by atoms with Gasteiger partial charge in [0.05, 0.1) is 23.8 Å². The lowest BCUT2D eigenvalue weighted by atomic mass is 9.41. The predicted octanol–water partition coefficient (Wildman–Crippen LogP) is 58.2. The van der Waals surface area contributed by atoms with Crippen molar-refractivity contribution in [2.24, 2.45) is 23.2 Å². The highest BCUT2D eigenvalue weighted by atomic mass is 16.3. The molecule has 56 heavy (non-hydrogen) atoms. The number of nitrogens with one attached hydrogen (secondary N) is 3. The van der Waals surface area contributed by atoms with Crippen LogP contribution in [-0.4, -0.2) is 105 Å². The summed E-state index contributed by atoms with van der Waals surface area (Å²) in [5.41, 5.74) is -4.81. The monoisotopic (exact) mass is 1210 g/mol. The van der Waals surface area contributed by atoms with Crippen LogP contribution in [0.4, 0.5) is 11.4 Å². The Morgan fingerprint density at radius 2 is 1.57 bits per heavy atom. The Labute approximate surface area is 652 Å². The number of rotatable bonds is 12. The standard InChI is InChI=1S/C43H67N5O8.215H2/c1-17-41(13,20(3)4)45-19-25(49)46-31-23(9)32(48(18-2)22(7)8)29-26(35(31)51)34(50)30-38(54)43(56)28(24(10)42(30,14)40(29,11)12)33(47(16)21(5)6)36(52)27(37(43)53)39(55)44-15;;;;;;;;;;;;;;;;;;;;;;;;;;;;;;;;;;;;;;;;;;;;;;;;;;;;;;;;;;;;;;;;;;;;;;;;;;;;;;;;;;;;;;;;;;;;;;;;;;;;;;;;;;;;;;;;;;;;;;;;;;;;;;;;;;;;;;;;;;;;;;;;;;;;;;;;;;;;;;;;;;;;;;;;;;;;;;;;;;;;;;;;;;;;;;;;;;;;;;;;;;;;;;;;;;;;;;;/h20-22,24,28,33,45,50-51,53,56H,17-19H2,1-16H3,(H,44,55)(H,46,49);215*1H/t24?,28-,33+,41?,42-,43+;;;;;;;;;;;;;;;;;;;;;;;;;;;;;;;;;;;;;;;;;;;;;;;;;;;;;;;;;;;;;;;;;;;;;;;;;;;;;;;;;;;;;;;;;;;;;;;;;;;;;;;;;;;;;;;;;;;;;;;;;;;;;;;;;;;;;;;;;;;;;;;;;;;;;;;;;;;;;;;;;;;;;;;;;;;;;;;;;;;;;;;;;;;;;;;;;;;;;;;;;;;;;;;;;;;;;;;/m0......................................................................................................................................................................................................................./s1. The molecule has 0 spiro atoms. The molecule has 4 rings (SSSR count). The smallest absolute Gasteiger partial charge is 0.258 e. The van der Waals surface area contributed by atoms with Crippen LogP contribution in [0.3, 0.4) is 0 Å². The summed E-state index contributed by atoms with van der Waals surface area (Å²) in [7, 11) is 2.96. The van der Waals surface area contributed by atoms with Crippen LogP contribution in [-0.2, 0) is 24.6 Å². The number of carbonyl (C=O) groups is 4. The summed E-state index contributed by atoms with van der Waals surface area (Å²) in [5, 5.41) is 58.1. The van der Waals surface area contributed by atoms with Crippen LogP contribution in [0.1, 0.15) is 420 Å². The zero-order valence-corrected chi connectivity index (χ0v) is 36.4. The highest BCUT2D eigenvalue weighted by molar-refractivity contribution is 6.25. The third-order valence-corrected chi connectivity index (χ3v) is 14.4. The number of phenols is 1. The Morgan fingerprint density at radius 3 is 2.04 bits per heavy atom. The van der Waals surface area contributed by atoms with Crippen molar-refractivity contribution in [3.8, 4) is 5.75 Å². The number of ketones is 2. The van der Waals surface area contributed by atoms with Gasteiger partial charge in [-0.25, -0.2) is 0 Å². The maximum absolute atomic E-state index is 15.3. The first-order chi connectivity index (χ1) is 25.7. The summed E-state index contributed by atoms with van der Waals surface area (Å²) in [6, 6.07) is -1.57. The molecule has 0 aromatic heterocycles. The van der Waals surface area contributed by atoms with E-state index in [9.17, 15) is 34.8 Å². The van der Waals surface area contributed by atoms with Gasteiger partial charge in [-0.15, -0.1) is 0 Å². The molecule has 0 heterocycles. The minimum atomic E-state index is -2.80. The highest BCUT2D eigenvalue weighted by Crippen LogP contribution is 2.68. The maximum Gasteiger partial charge on any atom is 0.258 e. The van der Waals surface area contributed by atoms with Crippen LogP contribution in [0.15, 0.2) is 16.9 Å². The number of amides is 2. The molecule has 6 atom stereocenters. The Morgan fingerprint density at radius 1 is 1.00 bits per heavy atom. The van der Waals surface area contributed by atoms with Crippen molar-refractivity contribution in [2.75, 3.05) is 37.4 Å². The summed E-state index contributed by atoms with van der Waals surface area (Å²) in [6.45, 7) is 27.7. The fourth-order valence-electron chi connectivity index (χ4n) is 9.82. The minimum absolute atomic E-state index is 0. The van der Waals surface area contributed by atoms with Crippen LogP contribution in [0.25, 0.3) is 5.76 Å². The Hall–Kier alpha value is -3.94. The second-order valence-electron chi connectivity index (χ2n) is 18.0. The number of hydrogen-bond donors (Lipinski definition) is 7. The molecule has 7 N–H and O–H groups in total. The molecule has 2 amide bonds. The van der Waals surface area contributed by atoms with Crippen LogP contribution < -0.4 is 20.9 Å². The van der Waals surface area contributed by atoms with Crippen LogP contribution >= 0.6 is 0 Å². The van der Waals surface area contributed by atoms with E-state index in [1.807, 2.05) is 76.2 Å². The number of aliphatic hydroxyl groups is 3. The van der Waals surface area contributed by atoms with Crippen LogP contribution in [0, 0.1) is 30.1 Å². The largest absolute Gasteiger partial charge is 0.508 e. The van der Waals surface area contributed by atoms with Gasteiger partial charge in [0.1, 0.15) is 17.1 Å². The number of benzene rings is 1. The summed E-state index contributed by atoms with van der Waals surface area (Å²) in [4.78, 5) is 60.4. The van der Waals surface area contributed by atoms with Crippen molar-refractivity contribution < 1.29 is 346 Å². The SMILES string of the molecule is CCN(c1c(C)c(NC(=O)CNC(C)(CC)C(C)C)c(O)c2c1C(C)(C)[C@]1(C)C(=C2O)C(=O)[C@]2(O)C(O)=C(C(=O)NC)C(=O)[C@H](N(C)C(C)C)[C@@H]2C1C)C(C)C.[HH].[HH].[HH].[HH].[HH].[HH].[HH].[HH].[HH].[HH].[HH].[HH].[HH].[HH].[HH].[HH].[HH].[HH].[HH].[HH].[HH].[HH].[HH].[HH].[HH].[HH].[HH].[HH].[HH].[HH].[HH].[HH].[HH].[HH].[HH].[HH].[HH].[HH].[HH].[HH].[HH].[HH].[HH].[HH].[HH].[HH].[HH].[HH].[HH].[HH].[HH].[HH].[HH].[HH].[HH].[HH].[HH].[HH].[HH].[HH].[HH].[HH].[HH].[HH].[HH].[HH].[HH].[HH].[HH].[HH].[HH].[HH].[HH].[HH].[HH].[HH].[HH].[HH].[HH].[HH].[HH].[HH].[HH].[HH].[HH].[HH].[HH].[HH].[HH].[HH].[HH].[HH].[HH].[HH].[HH].[HH].[HH].[HH].[HH].[HH].[HH].[HH].[HH].[HH].[HH].[HH].[HH].[HH].[HH].[HH].[HH].[HH].[HH].[HH].[HH].[HH].[HH].[HH].[HH].[HH].[HH].[HH].[HH].[HH].[HH].[HH].[HH].[HH].[HH].[HH].[HH].[HH].[HH].[HH].[HH].[HH].[HH].[HH].[HH].[HH].[HH].[HH].[HH].[HH].[HH].[HH].[HH].[HH].[HH].[HH].[HH].[HH].[HH].[HH].[HH].[HH].[HH].[HH].[HH].[HH].[HH].[HH].[HH].[HH].[HH].[HH].[HH].[HH].[HH].[HH].[HH].[HH].[HH].[HH].[HH].[HH].[HH].[HH].[HH].[HH].[HH].[HH].[HH].[HH].[HH].[HH].[HH].[HH].[HH].[HH].[HH].[HH].[HH].[HH].[HH].[HH].[HH].[HH].[HH].[HH].[HH].[HH].[HH].[HH].[HH].[HH].[HH].[HH].[HH].[HH].[HH].[HH].[HH].[HH].[HH]. The number of likely N-dealkylation sites (N-methyl/N-ethyl adjacent to an activating group) is 2. The van der Waals surface area contributed by atoms with E-state index >= 15 is 4.79 Å². The van der Waals surface area contributed by atoms with E-state index in [-0.39, 0.29) is 354 Å². The number of fused-ring (bicyclic) bond motifs is 3. The zero-order chi connectivity index (χ0) is 42.9. The Bertz CT molecular complexity index is 2080. The van der Waals surface area contributed by atoms with E-state index in [1.54, 1.807) is 18.9 Å². The van der Waals surface area contributed by atoms with Gasteiger partial charge in [-0.3, -0.25) is 24.1 Å². The number of carbonyl (C=O) groups excluding carboxylic acids is 4. The number of phenolic OH excluding ortho intramolecular Hbond substituents is 1. The van der Waals surface area contributed by atoms with Gasteiger partial charge in [0.25, 0.3) is 5.91 Å². The second-order valence-corrected chi connectivity index (χ2v) is 18.0. The molecule has 742 valence electrons. The van der Waals surface area contributed by atoms with Crippen LogP contribution in [0.5, 0.6) is 5.75 Å². The molecule has 1 saturated carbocycles. The molecule has 0 aliphatic heterocycles. The normalized spacial score (nSPS) is 27.1. The van der Waals surface area contributed by atoms with Gasteiger partial charge < -0.3 is 41.3 Å². The number of aromatic hydroxyl groups is 1. The number of hydrogen-bond acceptors (Lipinski definition) is 11. The maximum atomic E-state index is 15.3. The first kappa shape index (κ1) is 44.8. The van der Waals surface area contributed by atoms with Gasteiger partial charge in [0.15, 0.2) is 17.1 Å². The molecule has 1 fully saturated rings. The number of aliphatic hydroxyl groups excluding tert-OH is 2. The van der Waals surface area contributed by atoms with Gasteiger partial charge >= 0.3 is 0 Å². The van der Waals surface area contributed by atoms with Crippen LogP contribution in [0.2, 0.25) is 0 Å². The fourth-order valence-corrected chi connectivity index (χ4v) is 9.82. The van der Waals surface area contributed by atoms with Crippen molar-refractivity contribution in [1.29, 1.82) is 0 Å². The van der Waals surface area contributed by atoms with Crippen molar-refractivity contribution in [3.05, 3.63) is 33.6 Å². The van der Waals surface area contributed by atoms with Gasteiger partial charge in [0, 0.05) is 372 Å². The molecule has 13 heteroatoms. The van der Waals surface area contributed by atoms with Gasteiger partial charge in [-0.1, -0.05) is 48.5 Å². The van der Waals surface area contributed by atoms with E-state index in [1.165, 1.54) is 7.05 Å². The summed E-state index contributed by atoms with van der Waals surface area (Å²) < 4.78 is 0. The average molecular weight is 1220 g/mol. The topological polar surface area (TPSA) is 192 Å². The van der Waals surface area contributed by atoms with Crippen molar-refractivity contribution in [3.63, 3.8) is 0 Å². The van der Waals surface area contributed by atoms with E-state index in [2.05, 4.69) is 34.7 Å². The van der Waals surface area contributed by atoms with E-state index in [0.29, 0.717) is 23.4 Å². The molecular weight excluding hydrogens is 714 g/mol. The Balaban J connectivity index is -0.000000000771. The lowest BCUT2D eigenvalue weighted by molar-refractivity contribution is -0.170. The van der Waals surface area contributed by atoms with Crippen molar-refractivity contribution in [2.45, 2.75) is 138 Å². The molecule has 1 aromatic rings. The van der Waals surface area contributed by atoms with E-state index in [0.717, 1.165) is 6.42 Å². The lowest BCUT2D eigenvalue weighted by Crippen LogP contribution is -2.72. The van der Waals surface area contributed by atoms with E-state index in [4.69, 9.17) is 0 Å². The van der Waals surface area contributed by atoms with Crippen molar-refractivity contribution >= 4 is 40.5 Å². The molecular formula is C43H497N5O8. The van der Waals surface area contributed by atoms with Gasteiger partial charge in [0.2, 0.25) is 11.7 Å². The van der Waals surface area contributed by atoms with E-state index < -0.39 is 80.5 Å². The zero-order valence-electron chi connectivity index (χ0n) is 36.4. The molecule has 13 nitrogen and oxygen atoms in total. The average Bonchev–Trinajstić information content (AvgIpc) is 3.12. The van der Waals surface area contributed by atoms with Gasteiger partial charge in [-0.2, -0.15) is 0 Å².